The van der Waals surface area contributed by atoms with E-state index >= 15 is 0 Å². The average molecular weight is 374 g/mol. The fraction of sp³-hybridized carbons (Fsp3) is 0.474. The molecule has 1 aromatic carbocycles. The van der Waals surface area contributed by atoms with E-state index in [1.807, 2.05) is 17.8 Å². The highest BCUT2D eigenvalue weighted by Gasteiger charge is 2.43. The molecule has 0 unspecified atom stereocenters. The Hall–Kier alpha value is -2.29. The molecule has 8 heteroatoms. The van der Waals surface area contributed by atoms with E-state index in [1.54, 1.807) is 23.2 Å². The van der Waals surface area contributed by atoms with Crippen LogP contribution in [-0.4, -0.2) is 65.4 Å². The van der Waals surface area contributed by atoms with E-state index in [0.717, 1.165) is 12.4 Å². The van der Waals surface area contributed by atoms with Crippen LogP contribution in [-0.2, 0) is 27.9 Å². The van der Waals surface area contributed by atoms with Crippen molar-refractivity contribution in [2.45, 2.75) is 12.1 Å². The third-order valence-electron chi connectivity index (χ3n) is 5.10. The van der Waals surface area contributed by atoms with Gasteiger partial charge in [0, 0.05) is 38.2 Å². The molecule has 0 bridgehead atoms. The number of carbonyl (C=O) groups is 1. The van der Waals surface area contributed by atoms with E-state index in [-0.39, 0.29) is 18.3 Å². The summed E-state index contributed by atoms with van der Waals surface area (Å²) in [7, 11) is 1.97. The van der Waals surface area contributed by atoms with Crippen LogP contribution in [0.1, 0.15) is 5.82 Å². The summed E-state index contributed by atoms with van der Waals surface area (Å²) >= 11 is 0. The number of anilines is 1. The van der Waals surface area contributed by atoms with Crippen LogP contribution in [0.2, 0.25) is 0 Å². The molecule has 4 rings (SSSR count). The minimum atomic E-state index is -0.621. The zero-order valence-corrected chi connectivity index (χ0v) is 15.3. The highest BCUT2D eigenvalue weighted by molar-refractivity contribution is 5.95. The Kier molecular flexibility index (Phi) is 4.94. The van der Waals surface area contributed by atoms with Crippen LogP contribution in [0.15, 0.2) is 36.7 Å². The van der Waals surface area contributed by atoms with Gasteiger partial charge >= 0.3 is 0 Å². The largest absolute Gasteiger partial charge is 0.377 e. The van der Waals surface area contributed by atoms with E-state index in [1.165, 1.54) is 12.1 Å². The smallest absolute Gasteiger partial charge is 0.253 e. The molecule has 2 saturated heterocycles. The van der Waals surface area contributed by atoms with E-state index < -0.39 is 5.60 Å². The van der Waals surface area contributed by atoms with E-state index in [2.05, 4.69) is 9.88 Å². The lowest BCUT2D eigenvalue weighted by Crippen LogP contribution is -2.60. The van der Waals surface area contributed by atoms with Crippen molar-refractivity contribution in [2.24, 2.45) is 7.05 Å². The number of rotatable bonds is 3. The summed E-state index contributed by atoms with van der Waals surface area (Å²) in [5.74, 6) is 0.509. The van der Waals surface area contributed by atoms with Crippen molar-refractivity contribution in [1.29, 1.82) is 0 Å². The molecule has 1 spiro atoms. The minimum Gasteiger partial charge on any atom is -0.377 e. The second-order valence-corrected chi connectivity index (χ2v) is 7.15. The molecule has 144 valence electrons. The normalized spacial score (nSPS) is 24.4. The lowest BCUT2D eigenvalue weighted by Gasteiger charge is -2.43. The topological polar surface area (TPSA) is 59.8 Å². The number of morpholine rings is 1. The average Bonchev–Trinajstić information content (AvgIpc) is 2.95. The van der Waals surface area contributed by atoms with E-state index in [4.69, 9.17) is 9.47 Å². The van der Waals surface area contributed by atoms with Gasteiger partial charge in [0.1, 0.15) is 23.8 Å². The molecule has 2 aromatic rings. The van der Waals surface area contributed by atoms with Crippen LogP contribution in [0.4, 0.5) is 10.1 Å². The maximum atomic E-state index is 13.3. The Labute approximate surface area is 157 Å². The molecule has 27 heavy (non-hydrogen) atoms. The molecular formula is C19H23FN4O3. The fourth-order valence-electron chi connectivity index (χ4n) is 3.62. The standard InChI is InChI=1S/C19H23FN4O3/c1-22-7-6-21-17(22)10-23-8-9-26-14-19(12-23)13-24(18(25)11-27-19)16-4-2-15(20)3-5-16/h2-7H,8-14H2,1H3/t19-/m0/s1. The summed E-state index contributed by atoms with van der Waals surface area (Å²) in [6.07, 6.45) is 3.71. The van der Waals surface area contributed by atoms with Crippen LogP contribution < -0.4 is 4.90 Å². The maximum absolute atomic E-state index is 13.3. The Morgan fingerprint density at radius 3 is 2.81 bits per heavy atom. The number of ether oxygens (including phenoxy) is 2. The van der Waals surface area contributed by atoms with Crippen molar-refractivity contribution < 1.29 is 18.7 Å². The van der Waals surface area contributed by atoms with Crippen LogP contribution >= 0.6 is 0 Å². The number of amides is 1. The molecule has 2 fully saturated rings. The molecule has 1 atom stereocenters. The van der Waals surface area contributed by atoms with Crippen LogP contribution in [0.5, 0.6) is 0 Å². The van der Waals surface area contributed by atoms with Gasteiger partial charge in [-0.05, 0) is 24.3 Å². The third-order valence-corrected chi connectivity index (χ3v) is 5.10. The number of imidazole rings is 1. The molecule has 1 amide bonds. The molecule has 0 aliphatic carbocycles. The summed E-state index contributed by atoms with van der Waals surface area (Å²) in [5, 5.41) is 0. The molecule has 0 radical (unpaired) electrons. The van der Waals surface area contributed by atoms with E-state index in [9.17, 15) is 9.18 Å². The zero-order valence-electron chi connectivity index (χ0n) is 15.3. The Morgan fingerprint density at radius 2 is 2.07 bits per heavy atom. The van der Waals surface area contributed by atoms with Crippen molar-refractivity contribution in [3.63, 3.8) is 0 Å². The quantitative estimate of drug-likeness (QED) is 0.808. The first-order chi connectivity index (χ1) is 13.0. The predicted octanol–water partition coefficient (Wildman–Crippen LogP) is 1.19. The Bertz CT molecular complexity index is 810. The van der Waals surface area contributed by atoms with Crippen molar-refractivity contribution in [1.82, 2.24) is 14.5 Å². The fourth-order valence-corrected chi connectivity index (χ4v) is 3.62. The first kappa shape index (κ1) is 18.1. The predicted molar refractivity (Wildman–Crippen MR) is 96.7 cm³/mol. The van der Waals surface area contributed by atoms with E-state index in [0.29, 0.717) is 38.5 Å². The van der Waals surface area contributed by atoms with Crippen molar-refractivity contribution >= 4 is 11.6 Å². The third kappa shape index (κ3) is 3.87. The van der Waals surface area contributed by atoms with Gasteiger partial charge in [0.2, 0.25) is 0 Å². The molecule has 0 saturated carbocycles. The van der Waals surface area contributed by atoms with Gasteiger partial charge in [-0.2, -0.15) is 0 Å². The number of halogens is 1. The highest BCUT2D eigenvalue weighted by Crippen LogP contribution is 2.27. The summed E-state index contributed by atoms with van der Waals surface area (Å²) in [6, 6.07) is 5.97. The summed E-state index contributed by atoms with van der Waals surface area (Å²) < 4.78 is 27.1. The SMILES string of the molecule is Cn1ccnc1CN1CCOC[C@]2(C1)CN(c1ccc(F)cc1)C(=O)CO2. The highest BCUT2D eigenvalue weighted by atomic mass is 19.1. The lowest BCUT2D eigenvalue weighted by molar-refractivity contribution is -0.146. The molecule has 2 aliphatic rings. The van der Waals surface area contributed by atoms with Gasteiger partial charge in [-0.15, -0.1) is 0 Å². The van der Waals surface area contributed by atoms with Crippen LogP contribution in [0, 0.1) is 5.82 Å². The number of carbonyl (C=O) groups excluding carboxylic acids is 1. The second-order valence-electron chi connectivity index (χ2n) is 7.15. The van der Waals surface area contributed by atoms with Crippen molar-refractivity contribution in [2.75, 3.05) is 44.4 Å². The molecular weight excluding hydrogens is 351 g/mol. The number of hydrogen-bond acceptors (Lipinski definition) is 5. The van der Waals surface area contributed by atoms with Crippen LogP contribution in [0.3, 0.4) is 0 Å². The molecule has 2 aliphatic heterocycles. The molecule has 7 nitrogen and oxygen atoms in total. The van der Waals surface area contributed by atoms with Crippen molar-refractivity contribution in [3.05, 3.63) is 48.3 Å². The maximum Gasteiger partial charge on any atom is 0.253 e. The second kappa shape index (κ2) is 7.38. The number of nitrogens with zero attached hydrogens (tertiary/aromatic N) is 4. The minimum absolute atomic E-state index is 0.0169. The van der Waals surface area contributed by atoms with Crippen molar-refractivity contribution in [3.8, 4) is 0 Å². The van der Waals surface area contributed by atoms with Gasteiger partial charge < -0.3 is 18.9 Å². The monoisotopic (exact) mass is 374 g/mol. The molecule has 1 aromatic heterocycles. The summed E-state index contributed by atoms with van der Waals surface area (Å²) in [5.41, 5.74) is 0.0493. The number of aryl methyl sites for hydroxylation is 1. The van der Waals surface area contributed by atoms with Gasteiger partial charge in [-0.25, -0.2) is 9.37 Å². The number of benzene rings is 1. The van der Waals surface area contributed by atoms with Gasteiger partial charge in [0.05, 0.1) is 26.3 Å². The Morgan fingerprint density at radius 1 is 1.26 bits per heavy atom. The van der Waals surface area contributed by atoms with Gasteiger partial charge in [-0.1, -0.05) is 0 Å². The Balaban J connectivity index is 1.54. The van der Waals surface area contributed by atoms with Gasteiger partial charge in [0.15, 0.2) is 0 Å². The van der Waals surface area contributed by atoms with Crippen LogP contribution in [0.25, 0.3) is 0 Å². The number of hydrogen-bond donors (Lipinski definition) is 0. The molecule has 0 N–H and O–H groups in total. The summed E-state index contributed by atoms with van der Waals surface area (Å²) in [4.78, 5) is 20.7. The first-order valence-electron chi connectivity index (χ1n) is 9.01. The summed E-state index contributed by atoms with van der Waals surface area (Å²) in [6.45, 7) is 3.44. The lowest BCUT2D eigenvalue weighted by atomic mass is 10.0. The molecule has 3 heterocycles. The van der Waals surface area contributed by atoms with Gasteiger partial charge in [0.25, 0.3) is 5.91 Å². The number of aromatic nitrogens is 2. The first-order valence-corrected chi connectivity index (χ1v) is 9.01. The van der Waals surface area contributed by atoms with Gasteiger partial charge in [-0.3, -0.25) is 9.69 Å². The zero-order chi connectivity index (χ0) is 18.9.